The summed E-state index contributed by atoms with van der Waals surface area (Å²) < 4.78 is 0. The van der Waals surface area contributed by atoms with Crippen LogP contribution in [0.2, 0.25) is 0 Å². The molecule has 0 radical (unpaired) electrons. The molecule has 8 heteroatoms. The third kappa shape index (κ3) is 3.70. The lowest BCUT2D eigenvalue weighted by Gasteiger charge is -2.34. The van der Waals surface area contributed by atoms with Crippen LogP contribution < -0.4 is 4.90 Å². The quantitative estimate of drug-likeness (QED) is 0.848. The van der Waals surface area contributed by atoms with E-state index in [0.29, 0.717) is 24.1 Å². The number of benzene rings is 1. The zero-order valence-corrected chi connectivity index (χ0v) is 13.5. The van der Waals surface area contributed by atoms with Crippen molar-refractivity contribution in [1.82, 2.24) is 20.1 Å². The number of anilines is 1. The fourth-order valence-electron chi connectivity index (χ4n) is 2.37. The molecule has 0 saturated carbocycles. The van der Waals surface area contributed by atoms with Gasteiger partial charge in [-0.1, -0.05) is 30.0 Å². The van der Waals surface area contributed by atoms with Gasteiger partial charge in [0.1, 0.15) is 12.4 Å². The molecule has 1 N–H and O–H groups in total. The number of carbonyl (C=O) groups excluding carboxylic acids is 2. The van der Waals surface area contributed by atoms with Crippen LogP contribution >= 0.6 is 11.8 Å². The number of aryl methyl sites for hydroxylation is 1. The summed E-state index contributed by atoms with van der Waals surface area (Å²) in [5.74, 6) is 0.815. The van der Waals surface area contributed by atoms with E-state index in [1.54, 1.807) is 16.7 Å². The van der Waals surface area contributed by atoms with Gasteiger partial charge in [-0.05, 0) is 19.1 Å². The van der Waals surface area contributed by atoms with Crippen LogP contribution in [0.25, 0.3) is 0 Å². The van der Waals surface area contributed by atoms with E-state index in [9.17, 15) is 9.59 Å². The first-order valence-corrected chi connectivity index (χ1v) is 8.27. The Labute approximate surface area is 138 Å². The second-order valence-corrected chi connectivity index (χ2v) is 6.13. The molecule has 0 unspecified atom stereocenters. The van der Waals surface area contributed by atoms with Crippen LogP contribution in [0.15, 0.2) is 35.5 Å². The van der Waals surface area contributed by atoms with Crippen molar-refractivity contribution in [3.05, 3.63) is 36.2 Å². The molecule has 0 bridgehead atoms. The largest absolute Gasteiger partial charge is 0.331 e. The number of hydrogen-bond donors (Lipinski definition) is 1. The summed E-state index contributed by atoms with van der Waals surface area (Å²) in [5, 5.41) is 7.26. The highest BCUT2D eigenvalue weighted by Crippen LogP contribution is 2.18. The van der Waals surface area contributed by atoms with Crippen molar-refractivity contribution in [2.75, 3.05) is 30.3 Å². The van der Waals surface area contributed by atoms with Crippen molar-refractivity contribution in [1.29, 1.82) is 0 Å². The highest BCUT2D eigenvalue weighted by atomic mass is 32.2. The molecule has 0 atom stereocenters. The van der Waals surface area contributed by atoms with E-state index in [1.807, 2.05) is 30.3 Å². The van der Waals surface area contributed by atoms with Crippen LogP contribution in [-0.2, 0) is 9.59 Å². The summed E-state index contributed by atoms with van der Waals surface area (Å²) in [6.07, 6.45) is 0. The number of para-hydroxylation sites is 1. The minimum absolute atomic E-state index is 0.0606. The first-order chi connectivity index (χ1) is 11.1. The van der Waals surface area contributed by atoms with Gasteiger partial charge in [0.2, 0.25) is 17.0 Å². The fourth-order valence-corrected chi connectivity index (χ4v) is 3.12. The molecule has 0 aliphatic carbocycles. The third-order valence-electron chi connectivity index (χ3n) is 3.54. The topological polar surface area (TPSA) is 82.2 Å². The molecule has 3 rings (SSSR count). The summed E-state index contributed by atoms with van der Waals surface area (Å²) in [7, 11) is 0. The molecule has 0 spiro atoms. The molecule has 1 aromatic carbocycles. The average molecular weight is 331 g/mol. The lowest BCUT2D eigenvalue weighted by atomic mass is 10.2. The van der Waals surface area contributed by atoms with Gasteiger partial charge in [-0.2, -0.15) is 0 Å². The molecule has 1 aromatic heterocycles. The average Bonchev–Trinajstić information content (AvgIpc) is 2.99. The van der Waals surface area contributed by atoms with Crippen LogP contribution in [0.3, 0.4) is 0 Å². The van der Waals surface area contributed by atoms with Gasteiger partial charge in [-0.15, -0.1) is 5.10 Å². The number of carbonyl (C=O) groups is 2. The number of piperazine rings is 1. The molecule has 1 saturated heterocycles. The molecular formula is C15H17N5O2S. The van der Waals surface area contributed by atoms with Crippen LogP contribution in [0.1, 0.15) is 5.82 Å². The SMILES string of the molecule is Cc1nc(SCC(=O)N2CCN(c3ccccc3)C(=O)C2)n[nH]1. The fraction of sp³-hybridized carbons (Fsp3) is 0.333. The Morgan fingerprint density at radius 2 is 2.09 bits per heavy atom. The van der Waals surface area contributed by atoms with E-state index in [0.717, 1.165) is 5.69 Å². The Kier molecular flexibility index (Phi) is 4.61. The smallest absolute Gasteiger partial charge is 0.246 e. The molecule has 1 aliphatic rings. The van der Waals surface area contributed by atoms with Crippen molar-refractivity contribution >= 4 is 29.3 Å². The predicted molar refractivity (Wildman–Crippen MR) is 87.2 cm³/mol. The lowest BCUT2D eigenvalue weighted by Crippen LogP contribution is -2.52. The van der Waals surface area contributed by atoms with Gasteiger partial charge in [0.15, 0.2) is 0 Å². The van der Waals surface area contributed by atoms with Gasteiger partial charge in [0, 0.05) is 18.8 Å². The van der Waals surface area contributed by atoms with Crippen LogP contribution in [0.5, 0.6) is 0 Å². The Morgan fingerprint density at radius 3 is 2.74 bits per heavy atom. The van der Waals surface area contributed by atoms with Crippen LogP contribution in [-0.4, -0.2) is 57.3 Å². The van der Waals surface area contributed by atoms with E-state index in [2.05, 4.69) is 15.2 Å². The van der Waals surface area contributed by atoms with Crippen molar-refractivity contribution < 1.29 is 9.59 Å². The Balaban J connectivity index is 1.55. The first kappa shape index (κ1) is 15.5. The van der Waals surface area contributed by atoms with E-state index >= 15 is 0 Å². The summed E-state index contributed by atoms with van der Waals surface area (Å²) in [6, 6.07) is 9.51. The maximum atomic E-state index is 12.3. The van der Waals surface area contributed by atoms with Crippen LogP contribution in [0, 0.1) is 6.92 Å². The molecular weight excluding hydrogens is 314 g/mol. The molecule has 120 valence electrons. The summed E-state index contributed by atoms with van der Waals surface area (Å²) in [4.78, 5) is 32.0. The number of nitrogens with zero attached hydrogens (tertiary/aromatic N) is 4. The summed E-state index contributed by atoms with van der Waals surface area (Å²) in [5.41, 5.74) is 0.871. The van der Waals surface area contributed by atoms with Crippen molar-refractivity contribution in [2.24, 2.45) is 0 Å². The van der Waals surface area contributed by atoms with Crippen LogP contribution in [0.4, 0.5) is 5.69 Å². The second-order valence-electron chi connectivity index (χ2n) is 5.19. The van der Waals surface area contributed by atoms with Gasteiger partial charge < -0.3 is 9.80 Å². The van der Waals surface area contributed by atoms with E-state index in [-0.39, 0.29) is 24.1 Å². The number of thioether (sulfide) groups is 1. The first-order valence-electron chi connectivity index (χ1n) is 7.28. The number of amides is 2. The highest BCUT2D eigenvalue weighted by molar-refractivity contribution is 7.99. The highest BCUT2D eigenvalue weighted by Gasteiger charge is 2.27. The minimum atomic E-state index is -0.0708. The van der Waals surface area contributed by atoms with Gasteiger partial charge in [-0.3, -0.25) is 14.7 Å². The summed E-state index contributed by atoms with van der Waals surface area (Å²) >= 11 is 1.27. The molecule has 7 nitrogen and oxygen atoms in total. The number of aromatic amines is 1. The van der Waals surface area contributed by atoms with Gasteiger partial charge in [-0.25, -0.2) is 4.98 Å². The van der Waals surface area contributed by atoms with E-state index < -0.39 is 0 Å². The predicted octanol–water partition coefficient (Wildman–Crippen LogP) is 1.08. The second kappa shape index (κ2) is 6.82. The number of nitrogens with one attached hydrogen (secondary N) is 1. The molecule has 1 fully saturated rings. The standard InChI is InChI=1S/C15H17N5O2S/c1-11-16-15(18-17-11)23-10-14(22)19-7-8-20(13(21)9-19)12-5-3-2-4-6-12/h2-6H,7-10H2,1H3,(H,16,17,18). The molecule has 2 amide bonds. The minimum Gasteiger partial charge on any atom is -0.331 e. The Bertz CT molecular complexity index is 703. The van der Waals surface area contributed by atoms with Gasteiger partial charge in [0.25, 0.3) is 0 Å². The Morgan fingerprint density at radius 1 is 1.30 bits per heavy atom. The van der Waals surface area contributed by atoms with Crippen molar-refractivity contribution in [2.45, 2.75) is 12.1 Å². The molecule has 2 heterocycles. The monoisotopic (exact) mass is 331 g/mol. The van der Waals surface area contributed by atoms with Crippen molar-refractivity contribution in [3.8, 4) is 0 Å². The van der Waals surface area contributed by atoms with Gasteiger partial charge in [0.05, 0.1) is 5.75 Å². The molecule has 23 heavy (non-hydrogen) atoms. The maximum Gasteiger partial charge on any atom is 0.246 e. The number of rotatable bonds is 4. The zero-order valence-electron chi connectivity index (χ0n) is 12.7. The number of aromatic nitrogens is 3. The normalized spacial score (nSPS) is 15.1. The molecule has 2 aromatic rings. The molecule has 1 aliphatic heterocycles. The number of hydrogen-bond acceptors (Lipinski definition) is 5. The Hall–Kier alpha value is -2.35. The summed E-state index contributed by atoms with van der Waals surface area (Å²) in [6.45, 7) is 2.97. The van der Waals surface area contributed by atoms with E-state index in [1.165, 1.54) is 11.8 Å². The van der Waals surface area contributed by atoms with Crippen molar-refractivity contribution in [3.63, 3.8) is 0 Å². The zero-order chi connectivity index (χ0) is 16.2. The number of H-pyrrole nitrogens is 1. The third-order valence-corrected chi connectivity index (χ3v) is 4.37. The lowest BCUT2D eigenvalue weighted by molar-refractivity contribution is -0.134. The van der Waals surface area contributed by atoms with E-state index in [4.69, 9.17) is 0 Å². The maximum absolute atomic E-state index is 12.3. The van der Waals surface area contributed by atoms with Gasteiger partial charge >= 0.3 is 0 Å².